The van der Waals surface area contributed by atoms with Crippen molar-refractivity contribution in [2.24, 2.45) is 0 Å². The maximum Gasteiger partial charge on any atom is 0.290 e. The van der Waals surface area contributed by atoms with Gasteiger partial charge >= 0.3 is 0 Å². The first-order valence-electron chi connectivity index (χ1n) is 10.5. The van der Waals surface area contributed by atoms with Crippen LogP contribution in [0.25, 0.3) is 0 Å². The Labute approximate surface area is 184 Å². The van der Waals surface area contributed by atoms with Crippen molar-refractivity contribution >= 4 is 23.2 Å². The molecule has 162 valence electrons. The van der Waals surface area contributed by atoms with E-state index in [-0.39, 0.29) is 36.0 Å². The van der Waals surface area contributed by atoms with E-state index in [1.165, 1.54) is 41.1 Å². The van der Waals surface area contributed by atoms with E-state index >= 15 is 0 Å². The molecule has 1 aliphatic rings. The highest BCUT2D eigenvalue weighted by Crippen LogP contribution is 2.30. The second kappa shape index (κ2) is 9.92. The van der Waals surface area contributed by atoms with Crippen molar-refractivity contribution in [2.75, 3.05) is 0 Å². The van der Waals surface area contributed by atoms with Gasteiger partial charge in [-0.15, -0.1) is 11.3 Å². The summed E-state index contributed by atoms with van der Waals surface area (Å²) in [6.45, 7) is 0.153. The third-order valence-electron chi connectivity index (χ3n) is 5.58. The van der Waals surface area contributed by atoms with Gasteiger partial charge in [-0.25, -0.2) is 4.39 Å². The Morgan fingerprint density at radius 2 is 1.87 bits per heavy atom. The van der Waals surface area contributed by atoms with Gasteiger partial charge in [0.1, 0.15) is 11.9 Å². The van der Waals surface area contributed by atoms with E-state index in [0.29, 0.717) is 0 Å². The zero-order valence-corrected chi connectivity index (χ0v) is 17.9. The molecule has 1 aromatic carbocycles. The highest BCUT2D eigenvalue weighted by molar-refractivity contribution is 7.10. The first kappa shape index (κ1) is 21.3. The van der Waals surface area contributed by atoms with Crippen LogP contribution in [0.15, 0.2) is 64.6 Å². The van der Waals surface area contributed by atoms with Crippen molar-refractivity contribution in [1.29, 1.82) is 0 Å². The molecular weight excluding hydrogens is 415 g/mol. The van der Waals surface area contributed by atoms with Gasteiger partial charge in [-0.3, -0.25) is 9.59 Å². The van der Waals surface area contributed by atoms with Gasteiger partial charge in [0, 0.05) is 17.5 Å². The molecular formula is C24H25FN2O3S. The van der Waals surface area contributed by atoms with E-state index in [9.17, 15) is 14.0 Å². The standard InChI is InChI=1S/C24H25FN2O3S/c25-18-12-10-17(11-13-18)16-27(24(29)20-8-4-14-30-20)22(21-9-5-15-31-21)23(28)26-19-6-2-1-3-7-19/h4-5,8-15,19,22H,1-3,6-7,16H2,(H,26,28)/t22-/m0/s1. The number of amides is 2. The molecule has 0 saturated heterocycles. The summed E-state index contributed by atoms with van der Waals surface area (Å²) in [5.74, 6) is -0.769. The molecule has 0 bridgehead atoms. The molecule has 2 amide bonds. The number of nitrogens with one attached hydrogen (secondary N) is 1. The fourth-order valence-corrected chi connectivity index (χ4v) is 4.84. The molecule has 0 radical (unpaired) electrons. The fraction of sp³-hybridized carbons (Fsp3) is 0.333. The van der Waals surface area contributed by atoms with Crippen molar-refractivity contribution in [3.8, 4) is 0 Å². The Hall–Kier alpha value is -2.93. The number of furan rings is 1. The predicted molar refractivity (Wildman–Crippen MR) is 117 cm³/mol. The minimum Gasteiger partial charge on any atom is -0.459 e. The monoisotopic (exact) mass is 440 g/mol. The molecule has 7 heteroatoms. The fourth-order valence-electron chi connectivity index (χ4n) is 4.01. The molecule has 1 saturated carbocycles. The van der Waals surface area contributed by atoms with E-state index in [2.05, 4.69) is 5.32 Å². The summed E-state index contributed by atoms with van der Waals surface area (Å²) in [4.78, 5) is 29.2. The molecule has 5 nitrogen and oxygen atoms in total. The quantitative estimate of drug-likeness (QED) is 0.541. The number of hydrogen-bond acceptors (Lipinski definition) is 4. The van der Waals surface area contributed by atoms with Crippen LogP contribution in [0.5, 0.6) is 0 Å². The zero-order valence-electron chi connectivity index (χ0n) is 17.1. The third kappa shape index (κ3) is 5.22. The van der Waals surface area contributed by atoms with Gasteiger partial charge in [0.15, 0.2) is 5.76 Å². The number of thiophene rings is 1. The minimum atomic E-state index is -0.801. The predicted octanol–water partition coefficient (Wildman–Crippen LogP) is 5.31. The van der Waals surface area contributed by atoms with Crippen molar-refractivity contribution in [3.63, 3.8) is 0 Å². The Morgan fingerprint density at radius 1 is 1.10 bits per heavy atom. The second-order valence-corrected chi connectivity index (χ2v) is 8.78. The summed E-state index contributed by atoms with van der Waals surface area (Å²) in [7, 11) is 0. The van der Waals surface area contributed by atoms with Gasteiger partial charge in [0.05, 0.1) is 6.26 Å². The summed E-state index contributed by atoms with van der Waals surface area (Å²) in [5, 5.41) is 5.06. The average molecular weight is 441 g/mol. The van der Waals surface area contributed by atoms with E-state index in [1.807, 2.05) is 17.5 Å². The Bertz CT molecular complexity index is 981. The van der Waals surface area contributed by atoms with Crippen LogP contribution in [-0.4, -0.2) is 22.8 Å². The van der Waals surface area contributed by atoms with Crippen LogP contribution in [0, 0.1) is 5.82 Å². The van der Waals surface area contributed by atoms with Gasteiger partial charge in [-0.05, 0) is 54.1 Å². The molecule has 0 spiro atoms. The lowest BCUT2D eigenvalue weighted by molar-refractivity contribution is -0.127. The van der Waals surface area contributed by atoms with Gasteiger partial charge < -0.3 is 14.6 Å². The lowest BCUT2D eigenvalue weighted by Gasteiger charge is -2.32. The normalized spacial score (nSPS) is 15.4. The first-order valence-corrected chi connectivity index (χ1v) is 11.4. The van der Waals surface area contributed by atoms with Crippen LogP contribution < -0.4 is 5.32 Å². The van der Waals surface area contributed by atoms with Crippen LogP contribution >= 0.6 is 11.3 Å². The third-order valence-corrected chi connectivity index (χ3v) is 6.51. The van der Waals surface area contributed by atoms with Crippen molar-refractivity contribution < 1.29 is 18.4 Å². The molecule has 0 aliphatic heterocycles. The molecule has 3 aromatic rings. The SMILES string of the molecule is O=C(NC1CCCCC1)[C@H](c1cccs1)N(Cc1ccc(F)cc1)C(=O)c1ccco1. The highest BCUT2D eigenvalue weighted by atomic mass is 32.1. The van der Waals surface area contributed by atoms with Gasteiger partial charge in [0.25, 0.3) is 5.91 Å². The number of carbonyl (C=O) groups excluding carboxylic acids is 2. The number of benzene rings is 1. The lowest BCUT2D eigenvalue weighted by Crippen LogP contribution is -2.46. The van der Waals surface area contributed by atoms with Gasteiger partial charge in [-0.1, -0.05) is 37.5 Å². The van der Waals surface area contributed by atoms with Crippen molar-refractivity contribution in [2.45, 2.75) is 50.7 Å². The van der Waals surface area contributed by atoms with Crippen LogP contribution in [0.2, 0.25) is 0 Å². The second-order valence-electron chi connectivity index (χ2n) is 7.80. The molecule has 1 N–H and O–H groups in total. The largest absolute Gasteiger partial charge is 0.459 e. The minimum absolute atomic E-state index is 0.120. The Balaban J connectivity index is 1.67. The molecule has 2 heterocycles. The smallest absolute Gasteiger partial charge is 0.290 e. The summed E-state index contributed by atoms with van der Waals surface area (Å²) in [6.07, 6.45) is 6.72. The van der Waals surface area contributed by atoms with Crippen LogP contribution in [0.3, 0.4) is 0 Å². The van der Waals surface area contributed by atoms with E-state index in [0.717, 1.165) is 36.1 Å². The summed E-state index contributed by atoms with van der Waals surface area (Å²) in [6, 6.07) is 12.2. The molecule has 31 heavy (non-hydrogen) atoms. The lowest BCUT2D eigenvalue weighted by atomic mass is 9.95. The molecule has 0 unspecified atom stereocenters. The summed E-state index contributed by atoms with van der Waals surface area (Å²) < 4.78 is 18.8. The maximum atomic E-state index is 13.5. The number of nitrogens with zero attached hydrogens (tertiary/aromatic N) is 1. The van der Waals surface area contributed by atoms with Crippen molar-refractivity contribution in [3.05, 3.63) is 82.2 Å². The number of rotatable bonds is 7. The first-order chi connectivity index (χ1) is 15.1. The molecule has 1 atom stereocenters. The van der Waals surface area contributed by atoms with Gasteiger partial charge in [-0.2, -0.15) is 0 Å². The summed E-state index contributed by atoms with van der Waals surface area (Å²) in [5.41, 5.74) is 0.730. The van der Waals surface area contributed by atoms with E-state index in [4.69, 9.17) is 4.42 Å². The van der Waals surface area contributed by atoms with E-state index in [1.54, 1.807) is 24.3 Å². The van der Waals surface area contributed by atoms with Gasteiger partial charge in [0.2, 0.25) is 5.91 Å². The Kier molecular flexibility index (Phi) is 6.82. The molecule has 1 fully saturated rings. The van der Waals surface area contributed by atoms with E-state index < -0.39 is 6.04 Å². The topological polar surface area (TPSA) is 62.6 Å². The highest BCUT2D eigenvalue weighted by Gasteiger charge is 2.35. The summed E-state index contributed by atoms with van der Waals surface area (Å²) >= 11 is 1.43. The Morgan fingerprint density at radius 3 is 2.52 bits per heavy atom. The molecule has 1 aliphatic carbocycles. The number of carbonyl (C=O) groups is 2. The molecule has 2 aromatic heterocycles. The number of hydrogen-bond donors (Lipinski definition) is 1. The average Bonchev–Trinajstić information content (AvgIpc) is 3.50. The van der Waals surface area contributed by atoms with Crippen molar-refractivity contribution in [1.82, 2.24) is 10.2 Å². The zero-order chi connectivity index (χ0) is 21.6. The van der Waals surface area contributed by atoms with Crippen LogP contribution in [0.1, 0.15) is 59.1 Å². The maximum absolute atomic E-state index is 13.5. The number of halogens is 1. The van der Waals surface area contributed by atoms with Crippen LogP contribution in [0.4, 0.5) is 4.39 Å². The van der Waals surface area contributed by atoms with Crippen LogP contribution in [-0.2, 0) is 11.3 Å². The molecule has 4 rings (SSSR count).